The topological polar surface area (TPSA) is 55.2 Å². The molecular weight excluding hydrogens is 398 g/mol. The number of nitrogens with zero attached hydrogens (tertiary/aromatic N) is 4. The van der Waals surface area contributed by atoms with E-state index in [2.05, 4.69) is 76.1 Å². The molecule has 0 saturated heterocycles. The first kappa shape index (κ1) is 19.1. The fraction of sp³-hybridized carbons (Fsp3) is 0.231. The molecule has 1 aliphatic carbocycles. The minimum absolute atomic E-state index is 0.435. The maximum atomic E-state index is 6.62. The van der Waals surface area contributed by atoms with Gasteiger partial charge in [0.25, 0.3) is 0 Å². The van der Waals surface area contributed by atoms with Crippen molar-refractivity contribution in [3.8, 4) is 16.9 Å². The summed E-state index contributed by atoms with van der Waals surface area (Å²) in [6.45, 7) is 2.18. The summed E-state index contributed by atoms with van der Waals surface area (Å²) in [5.74, 6) is 1.69. The van der Waals surface area contributed by atoms with Crippen molar-refractivity contribution in [3.05, 3.63) is 90.7 Å². The molecule has 1 fully saturated rings. The van der Waals surface area contributed by atoms with E-state index in [4.69, 9.17) is 4.74 Å². The predicted molar refractivity (Wildman–Crippen MR) is 124 cm³/mol. The van der Waals surface area contributed by atoms with Crippen LogP contribution in [0.3, 0.4) is 0 Å². The number of nitrogens with one attached hydrogen (secondary N) is 1. The molecule has 4 aromatic rings. The largest absolute Gasteiger partial charge is 0.457 e. The lowest BCUT2D eigenvalue weighted by atomic mass is 9.91. The Balaban J connectivity index is 1.38. The molecule has 1 atom stereocenters. The van der Waals surface area contributed by atoms with Crippen LogP contribution in [0.1, 0.15) is 25.3 Å². The normalized spacial score (nSPS) is 20.6. The lowest BCUT2D eigenvalue weighted by Gasteiger charge is -2.30. The van der Waals surface area contributed by atoms with Gasteiger partial charge in [-0.25, -0.2) is 5.43 Å². The highest BCUT2D eigenvalue weighted by molar-refractivity contribution is 5.88. The molecule has 0 radical (unpaired) electrons. The van der Waals surface area contributed by atoms with E-state index >= 15 is 0 Å². The summed E-state index contributed by atoms with van der Waals surface area (Å²) in [7, 11) is 1.92. The molecule has 1 N–H and O–H groups in total. The summed E-state index contributed by atoms with van der Waals surface area (Å²) in [6.07, 6.45) is 10.2. The third-order valence-electron chi connectivity index (χ3n) is 6.35. The number of hydrazine groups is 1. The van der Waals surface area contributed by atoms with Gasteiger partial charge in [-0.15, -0.1) is 0 Å². The molecule has 2 aromatic carbocycles. The molecule has 1 saturated carbocycles. The van der Waals surface area contributed by atoms with Crippen LogP contribution in [0.4, 0.5) is 0 Å². The highest BCUT2D eigenvalue weighted by atomic mass is 16.5. The third kappa shape index (κ3) is 3.24. The predicted octanol–water partition coefficient (Wildman–Crippen LogP) is 4.75. The number of benzene rings is 2. The van der Waals surface area contributed by atoms with E-state index < -0.39 is 5.54 Å². The molecule has 6 heteroatoms. The smallest absolute Gasteiger partial charge is 0.147 e. The Labute approximate surface area is 187 Å². The van der Waals surface area contributed by atoms with Gasteiger partial charge >= 0.3 is 0 Å². The van der Waals surface area contributed by atoms with Crippen molar-refractivity contribution in [1.82, 2.24) is 25.2 Å². The van der Waals surface area contributed by atoms with E-state index in [9.17, 15) is 0 Å². The molecule has 0 spiro atoms. The number of aryl methyl sites for hydroxylation is 1. The lowest BCUT2D eigenvalue weighted by molar-refractivity contribution is 0.198. The van der Waals surface area contributed by atoms with Crippen molar-refractivity contribution in [2.75, 3.05) is 0 Å². The summed E-state index contributed by atoms with van der Waals surface area (Å²) in [4.78, 5) is 4.60. The van der Waals surface area contributed by atoms with Gasteiger partial charge in [0.1, 0.15) is 17.0 Å². The van der Waals surface area contributed by atoms with Gasteiger partial charge in [0.05, 0.1) is 17.9 Å². The number of ether oxygens (including phenoxy) is 1. The van der Waals surface area contributed by atoms with E-state index in [-0.39, 0.29) is 0 Å². The molecule has 6 nitrogen and oxygen atoms in total. The molecule has 0 bridgehead atoms. The molecule has 1 aliphatic heterocycles. The fourth-order valence-corrected chi connectivity index (χ4v) is 4.34. The standard InChI is InChI=1S/C26H25N5O/c1-26(20-6-4-3-5-7-20)25(17-31(29-26)21-9-10-21)32-24-12-13-27-23-14-18(8-11-22(23)24)19-15-28-30(2)16-19/h3-8,11-17,21,29H,9-10H2,1-2H3. The molecule has 3 heterocycles. The Hall–Kier alpha value is -3.64. The maximum Gasteiger partial charge on any atom is 0.147 e. The highest BCUT2D eigenvalue weighted by Gasteiger charge is 2.44. The van der Waals surface area contributed by atoms with Gasteiger partial charge in [-0.1, -0.05) is 36.4 Å². The second-order valence-electron chi connectivity index (χ2n) is 8.78. The molecule has 160 valence electrons. The zero-order valence-electron chi connectivity index (χ0n) is 18.2. The van der Waals surface area contributed by atoms with Crippen LogP contribution < -0.4 is 10.2 Å². The summed E-state index contributed by atoms with van der Waals surface area (Å²) in [5, 5.41) is 7.48. The van der Waals surface area contributed by atoms with Gasteiger partial charge in [0.2, 0.25) is 0 Å². The van der Waals surface area contributed by atoms with Crippen LogP contribution >= 0.6 is 0 Å². The van der Waals surface area contributed by atoms with Gasteiger partial charge in [-0.2, -0.15) is 5.10 Å². The van der Waals surface area contributed by atoms with Crippen LogP contribution in [-0.2, 0) is 12.6 Å². The molecule has 0 amide bonds. The number of pyridine rings is 1. The van der Waals surface area contributed by atoms with Crippen LogP contribution in [-0.4, -0.2) is 25.8 Å². The Morgan fingerprint density at radius 1 is 1.06 bits per heavy atom. The monoisotopic (exact) mass is 423 g/mol. The average molecular weight is 424 g/mol. The minimum atomic E-state index is -0.435. The number of hydrogen-bond acceptors (Lipinski definition) is 5. The molecular formula is C26H25N5O. The lowest BCUT2D eigenvalue weighted by Crippen LogP contribution is -2.45. The maximum absolute atomic E-state index is 6.62. The zero-order valence-corrected chi connectivity index (χ0v) is 18.2. The van der Waals surface area contributed by atoms with E-state index in [1.54, 1.807) is 0 Å². The Kier molecular flexibility index (Phi) is 4.30. The summed E-state index contributed by atoms with van der Waals surface area (Å²) in [5.41, 5.74) is 7.48. The van der Waals surface area contributed by atoms with Gasteiger partial charge in [-0.05, 0) is 49.1 Å². The number of fused-ring (bicyclic) bond motifs is 1. The van der Waals surface area contributed by atoms with Crippen molar-refractivity contribution in [2.24, 2.45) is 7.05 Å². The zero-order chi connectivity index (χ0) is 21.7. The first-order chi connectivity index (χ1) is 15.6. The van der Waals surface area contributed by atoms with Crippen molar-refractivity contribution in [1.29, 1.82) is 0 Å². The van der Waals surface area contributed by atoms with E-state index in [1.165, 1.54) is 18.4 Å². The van der Waals surface area contributed by atoms with Gasteiger partial charge in [-0.3, -0.25) is 9.67 Å². The van der Waals surface area contributed by atoms with Crippen molar-refractivity contribution in [2.45, 2.75) is 31.3 Å². The molecule has 2 aliphatic rings. The molecule has 2 aromatic heterocycles. The van der Waals surface area contributed by atoms with Gasteiger partial charge < -0.3 is 9.75 Å². The summed E-state index contributed by atoms with van der Waals surface area (Å²) < 4.78 is 8.42. The number of rotatable bonds is 5. The summed E-state index contributed by atoms with van der Waals surface area (Å²) in [6, 6.07) is 19.2. The van der Waals surface area contributed by atoms with Crippen molar-refractivity contribution >= 4 is 10.9 Å². The first-order valence-corrected chi connectivity index (χ1v) is 11.0. The Morgan fingerprint density at radius 2 is 1.91 bits per heavy atom. The van der Waals surface area contributed by atoms with Crippen molar-refractivity contribution in [3.63, 3.8) is 0 Å². The molecule has 1 unspecified atom stereocenters. The van der Waals surface area contributed by atoms with E-state index in [0.717, 1.165) is 33.5 Å². The van der Waals surface area contributed by atoms with Crippen LogP contribution in [0.5, 0.6) is 5.75 Å². The van der Waals surface area contributed by atoms with Gasteiger partial charge in [0.15, 0.2) is 0 Å². The molecule has 6 rings (SSSR count). The minimum Gasteiger partial charge on any atom is -0.457 e. The van der Waals surface area contributed by atoms with Crippen LogP contribution in [0.15, 0.2) is 85.1 Å². The second kappa shape index (κ2) is 7.21. The number of hydrogen-bond donors (Lipinski definition) is 1. The quantitative estimate of drug-likeness (QED) is 0.502. The van der Waals surface area contributed by atoms with E-state index in [1.807, 2.05) is 42.5 Å². The summed E-state index contributed by atoms with van der Waals surface area (Å²) >= 11 is 0. The van der Waals surface area contributed by atoms with Crippen molar-refractivity contribution < 1.29 is 4.74 Å². The average Bonchev–Trinajstić information content (AvgIpc) is 3.49. The van der Waals surface area contributed by atoms with Crippen LogP contribution in [0.25, 0.3) is 22.0 Å². The highest BCUT2D eigenvalue weighted by Crippen LogP contribution is 2.41. The fourth-order valence-electron chi connectivity index (χ4n) is 4.34. The Morgan fingerprint density at radius 3 is 2.66 bits per heavy atom. The first-order valence-electron chi connectivity index (χ1n) is 11.0. The van der Waals surface area contributed by atoms with E-state index in [0.29, 0.717) is 6.04 Å². The SMILES string of the molecule is Cn1cc(-c2ccc3c(OC4=CN(C5CC5)NC4(C)c4ccccc4)ccnc3c2)cn1. The van der Waals surface area contributed by atoms with Gasteiger partial charge in [0, 0.05) is 36.4 Å². The Bertz CT molecular complexity index is 1320. The number of aromatic nitrogens is 3. The van der Waals surface area contributed by atoms with Crippen LogP contribution in [0, 0.1) is 0 Å². The van der Waals surface area contributed by atoms with Crippen LogP contribution in [0.2, 0.25) is 0 Å². The molecule has 32 heavy (non-hydrogen) atoms. The third-order valence-corrected chi connectivity index (χ3v) is 6.35. The second-order valence-corrected chi connectivity index (χ2v) is 8.78.